The molecule has 0 saturated carbocycles. The minimum absolute atomic E-state index is 0.796. The second-order valence-electron chi connectivity index (χ2n) is 11.7. The van der Waals surface area contributed by atoms with E-state index in [2.05, 4.69) is 126 Å². The van der Waals surface area contributed by atoms with Gasteiger partial charge in [0, 0.05) is 35.9 Å². The summed E-state index contributed by atoms with van der Waals surface area (Å²) in [4.78, 5) is 8.50. The van der Waals surface area contributed by atoms with Crippen LogP contribution >= 0.6 is 0 Å². The monoisotopic (exact) mass is 621 g/mol. The summed E-state index contributed by atoms with van der Waals surface area (Å²) >= 11 is 0. The Hall–Kier alpha value is -6.06. The van der Waals surface area contributed by atoms with Crippen LogP contribution in [0.25, 0.3) is 76.5 Å². The molecule has 0 atom stereocenters. The van der Waals surface area contributed by atoms with E-state index in [1.54, 1.807) is 12.2 Å². The summed E-state index contributed by atoms with van der Waals surface area (Å²) in [6.07, 6.45) is 14.9. The highest BCUT2D eigenvalue weighted by atomic mass is 14.6. The molecule has 8 aromatic rings. The number of allylic oxidation sites excluding steroid dienone is 5. The van der Waals surface area contributed by atoms with Crippen molar-refractivity contribution in [1.29, 1.82) is 0 Å². The summed E-state index contributed by atoms with van der Waals surface area (Å²) < 4.78 is 0. The molecule has 2 aromatic heterocycles. The van der Waals surface area contributed by atoms with Crippen LogP contribution in [0.2, 0.25) is 0 Å². The molecule has 0 amide bonds. The third kappa shape index (κ3) is 6.44. The Bertz CT molecular complexity index is 2370. The number of pyridine rings is 2. The maximum absolute atomic E-state index is 5.19. The van der Waals surface area contributed by atoms with Crippen molar-refractivity contribution in [2.24, 2.45) is 5.73 Å². The van der Waals surface area contributed by atoms with Crippen molar-refractivity contribution < 1.29 is 0 Å². The minimum Gasteiger partial charge on any atom is -0.402 e. The van der Waals surface area contributed by atoms with E-state index in [-0.39, 0.29) is 0 Å². The van der Waals surface area contributed by atoms with Gasteiger partial charge in [-0.05, 0) is 116 Å². The van der Waals surface area contributed by atoms with Crippen LogP contribution in [-0.4, -0.2) is 9.97 Å². The molecule has 48 heavy (non-hydrogen) atoms. The van der Waals surface area contributed by atoms with Gasteiger partial charge in [0.2, 0.25) is 0 Å². The molecule has 234 valence electrons. The van der Waals surface area contributed by atoms with Gasteiger partial charge in [-0.15, -0.1) is 0 Å². The number of hydrogen-bond acceptors (Lipinski definition) is 3. The number of benzene rings is 6. The average molecular weight is 622 g/mol. The van der Waals surface area contributed by atoms with Crippen LogP contribution in [-0.2, 0) is 0 Å². The van der Waals surface area contributed by atoms with Crippen LogP contribution in [0.3, 0.4) is 0 Å². The lowest BCUT2D eigenvalue weighted by Crippen LogP contribution is -1.89. The molecule has 2 N–H and O–H groups in total. The number of rotatable bonds is 4. The van der Waals surface area contributed by atoms with Gasteiger partial charge in [-0.25, -0.2) is 0 Å². The molecule has 3 nitrogen and oxygen atoms in total. The Morgan fingerprint density at radius 3 is 1.54 bits per heavy atom. The van der Waals surface area contributed by atoms with Crippen LogP contribution in [0.15, 0.2) is 171 Å². The smallest absolute Gasteiger partial charge is 0.0346 e. The Morgan fingerprint density at radius 2 is 1.04 bits per heavy atom. The second kappa shape index (κ2) is 14.6. The molecule has 0 spiro atoms. The number of fused-ring (bicyclic) bond motifs is 1. The van der Waals surface area contributed by atoms with Crippen molar-refractivity contribution >= 4 is 43.1 Å². The van der Waals surface area contributed by atoms with Crippen LogP contribution in [0.1, 0.15) is 20.8 Å². The molecule has 0 unspecified atom stereocenters. The molecule has 0 aliphatic carbocycles. The van der Waals surface area contributed by atoms with Gasteiger partial charge in [-0.1, -0.05) is 116 Å². The quantitative estimate of drug-likeness (QED) is 0.121. The lowest BCUT2D eigenvalue weighted by atomic mass is 9.87. The first-order valence-electron chi connectivity index (χ1n) is 16.2. The Morgan fingerprint density at radius 1 is 0.542 bits per heavy atom. The number of nitrogens with two attached hydrogens (primary N) is 1. The summed E-state index contributed by atoms with van der Waals surface area (Å²) in [6, 6.07) is 39.8. The molecule has 0 saturated heterocycles. The van der Waals surface area contributed by atoms with Gasteiger partial charge < -0.3 is 5.73 Å². The van der Waals surface area contributed by atoms with E-state index in [4.69, 9.17) is 5.73 Å². The predicted molar refractivity (Wildman–Crippen MR) is 208 cm³/mol. The highest BCUT2D eigenvalue weighted by Gasteiger charge is 2.15. The first-order valence-corrected chi connectivity index (χ1v) is 16.2. The summed E-state index contributed by atoms with van der Waals surface area (Å²) in [5.41, 5.74) is 13.4. The van der Waals surface area contributed by atoms with E-state index in [9.17, 15) is 0 Å². The Balaban J connectivity index is 0.000000355. The zero-order valence-corrected chi connectivity index (χ0v) is 27.7. The SMILES string of the molecule is C/C=C\C.C=C/C=C(/C)N.c1cc(-c2ccc(-c3ccc4ccc5c(-c6ccncc6)ccc6ccc3c4c65)cc2)c2ccncc2c1. The lowest BCUT2D eigenvalue weighted by molar-refractivity contribution is 1.32. The van der Waals surface area contributed by atoms with Gasteiger partial charge in [0.05, 0.1) is 0 Å². The molecule has 8 rings (SSSR count). The van der Waals surface area contributed by atoms with Crippen molar-refractivity contribution in [2.45, 2.75) is 20.8 Å². The molecule has 2 heterocycles. The molecule has 0 fully saturated rings. The third-order valence-electron chi connectivity index (χ3n) is 8.56. The van der Waals surface area contributed by atoms with Gasteiger partial charge in [0.25, 0.3) is 0 Å². The first kappa shape index (κ1) is 31.9. The molecule has 3 heteroatoms. The van der Waals surface area contributed by atoms with Gasteiger partial charge in [0.15, 0.2) is 0 Å². The van der Waals surface area contributed by atoms with Crippen LogP contribution < -0.4 is 5.73 Å². The van der Waals surface area contributed by atoms with Crippen LogP contribution in [0.5, 0.6) is 0 Å². The van der Waals surface area contributed by atoms with E-state index in [1.807, 2.05) is 57.7 Å². The largest absolute Gasteiger partial charge is 0.402 e. The van der Waals surface area contributed by atoms with Crippen molar-refractivity contribution in [3.05, 3.63) is 171 Å². The maximum Gasteiger partial charge on any atom is 0.0346 e. The molecular formula is C45H39N3. The minimum atomic E-state index is 0.796. The van der Waals surface area contributed by atoms with E-state index in [0.29, 0.717) is 0 Å². The summed E-state index contributed by atoms with van der Waals surface area (Å²) in [5, 5.41) is 10.2. The molecule has 0 radical (unpaired) electrons. The maximum atomic E-state index is 5.19. The topological polar surface area (TPSA) is 51.8 Å². The normalized spacial score (nSPS) is 11.4. The molecule has 0 aliphatic heterocycles. The molecule has 0 bridgehead atoms. The van der Waals surface area contributed by atoms with Crippen molar-refractivity contribution in [3.8, 4) is 33.4 Å². The number of hydrogen-bond donors (Lipinski definition) is 1. The van der Waals surface area contributed by atoms with Gasteiger partial charge >= 0.3 is 0 Å². The first-order chi connectivity index (χ1) is 23.5. The second-order valence-corrected chi connectivity index (χ2v) is 11.7. The lowest BCUT2D eigenvalue weighted by Gasteiger charge is -2.16. The van der Waals surface area contributed by atoms with Gasteiger partial charge in [-0.2, -0.15) is 0 Å². The fourth-order valence-electron chi connectivity index (χ4n) is 6.23. The Labute approximate surface area is 282 Å². The zero-order valence-electron chi connectivity index (χ0n) is 27.7. The highest BCUT2D eigenvalue weighted by Crippen LogP contribution is 2.42. The van der Waals surface area contributed by atoms with Crippen LogP contribution in [0, 0.1) is 0 Å². The fraction of sp³-hybridized carbons (Fsp3) is 0.0667. The Kier molecular flexibility index (Phi) is 9.69. The highest BCUT2D eigenvalue weighted by molar-refractivity contribution is 6.27. The molecular weight excluding hydrogens is 583 g/mol. The van der Waals surface area contributed by atoms with Crippen LogP contribution in [0.4, 0.5) is 0 Å². The van der Waals surface area contributed by atoms with E-state index in [0.717, 1.165) is 11.1 Å². The number of aromatic nitrogens is 2. The standard InChI is InChI=1S/C36H22N2.C5H9N.C4H8/c1-2-28-22-38-21-18-32(28)29(3-1)23-4-6-24(7-5-23)30-12-8-26-11-15-34-31(25-16-19-37-20-17-25)13-9-27-10-14-33(30)35(26)36(27)34;1-3-4-5(2)6;1-3-4-2/h1-22H;3-4H,1,6H2,2H3;3-4H,1-2H3/b;5-4-;4-3-. The third-order valence-corrected chi connectivity index (χ3v) is 8.56. The van der Waals surface area contributed by atoms with Gasteiger partial charge in [0.1, 0.15) is 0 Å². The summed E-state index contributed by atoms with van der Waals surface area (Å²) in [6.45, 7) is 9.27. The van der Waals surface area contributed by atoms with E-state index in [1.165, 1.54) is 71.1 Å². The summed E-state index contributed by atoms with van der Waals surface area (Å²) in [5.74, 6) is 0. The fourth-order valence-corrected chi connectivity index (χ4v) is 6.23. The van der Waals surface area contributed by atoms with E-state index >= 15 is 0 Å². The van der Waals surface area contributed by atoms with Crippen molar-refractivity contribution in [2.75, 3.05) is 0 Å². The average Bonchev–Trinajstić information content (AvgIpc) is 3.14. The zero-order chi connectivity index (χ0) is 33.5. The van der Waals surface area contributed by atoms with Gasteiger partial charge in [-0.3, -0.25) is 9.97 Å². The van der Waals surface area contributed by atoms with E-state index < -0.39 is 0 Å². The summed E-state index contributed by atoms with van der Waals surface area (Å²) in [7, 11) is 0. The van der Waals surface area contributed by atoms with Crippen molar-refractivity contribution in [1.82, 2.24) is 9.97 Å². The number of nitrogens with zero attached hydrogens (tertiary/aromatic N) is 2. The molecule has 0 aliphatic rings. The molecule has 6 aromatic carbocycles. The van der Waals surface area contributed by atoms with Crippen molar-refractivity contribution in [3.63, 3.8) is 0 Å². The predicted octanol–water partition coefficient (Wildman–Crippen LogP) is 12.1.